The molecule has 1 aliphatic carbocycles. The van der Waals surface area contributed by atoms with Crippen molar-refractivity contribution >= 4 is 12.0 Å². The van der Waals surface area contributed by atoms with Gasteiger partial charge in [0.1, 0.15) is 5.60 Å². The Hall–Kier alpha value is -1.46. The van der Waals surface area contributed by atoms with Crippen molar-refractivity contribution in [1.82, 2.24) is 20.3 Å². The van der Waals surface area contributed by atoms with Crippen LogP contribution in [0.5, 0.6) is 0 Å². The zero-order valence-electron chi connectivity index (χ0n) is 17.0. The molecule has 0 aromatic rings. The lowest BCUT2D eigenvalue weighted by Gasteiger charge is -2.31. The van der Waals surface area contributed by atoms with E-state index in [9.17, 15) is 19.9 Å². The van der Waals surface area contributed by atoms with Crippen molar-refractivity contribution in [3.8, 4) is 0 Å². The number of piperidine rings is 1. The number of carbonyl (C=O) groups excluding carboxylic acids is 2. The van der Waals surface area contributed by atoms with E-state index in [2.05, 4.69) is 5.48 Å². The number of ether oxygens (including phenoxy) is 1. The summed E-state index contributed by atoms with van der Waals surface area (Å²) in [7, 11) is 1.72. The van der Waals surface area contributed by atoms with Gasteiger partial charge in [-0.15, -0.1) is 5.06 Å². The van der Waals surface area contributed by atoms with Crippen LogP contribution in [-0.4, -0.2) is 87.0 Å². The lowest BCUT2D eigenvalue weighted by atomic mass is 10.0. The van der Waals surface area contributed by atoms with Gasteiger partial charge in [-0.05, 0) is 52.9 Å². The van der Waals surface area contributed by atoms with E-state index >= 15 is 0 Å². The Kier molecular flexibility index (Phi) is 6.16. The highest BCUT2D eigenvalue weighted by Crippen LogP contribution is 2.31. The van der Waals surface area contributed by atoms with E-state index in [1.54, 1.807) is 16.8 Å². The maximum atomic E-state index is 12.5. The minimum absolute atomic E-state index is 0.00413. The number of fused-ring (bicyclic) bond motifs is 2. The van der Waals surface area contributed by atoms with Crippen molar-refractivity contribution in [1.29, 1.82) is 0 Å². The maximum Gasteiger partial charge on any atom is 0.410 e. The van der Waals surface area contributed by atoms with Crippen LogP contribution >= 0.6 is 0 Å². The molecule has 0 spiro atoms. The number of hydroxylamine groups is 3. The molecule has 28 heavy (non-hydrogen) atoms. The van der Waals surface area contributed by atoms with Crippen LogP contribution in [0.4, 0.5) is 4.79 Å². The lowest BCUT2D eigenvalue weighted by Crippen LogP contribution is -2.51. The molecule has 4 unspecified atom stereocenters. The first kappa shape index (κ1) is 21.3. The zero-order chi connectivity index (χ0) is 20.6. The molecule has 0 aromatic carbocycles. The minimum Gasteiger partial charge on any atom is -0.444 e. The monoisotopic (exact) mass is 400 g/mol. The Balaban J connectivity index is 1.45. The largest absolute Gasteiger partial charge is 0.444 e. The van der Waals surface area contributed by atoms with Crippen molar-refractivity contribution < 1.29 is 29.5 Å². The van der Waals surface area contributed by atoms with Crippen LogP contribution in [0, 0.1) is 0 Å². The highest BCUT2D eigenvalue weighted by atomic mass is 16.7. The third-order valence-corrected chi connectivity index (χ3v) is 5.72. The number of amides is 2. The van der Waals surface area contributed by atoms with Crippen LogP contribution < -0.4 is 5.48 Å². The van der Waals surface area contributed by atoms with E-state index in [4.69, 9.17) is 9.57 Å². The van der Waals surface area contributed by atoms with Gasteiger partial charge in [0.25, 0.3) is 5.91 Å². The summed E-state index contributed by atoms with van der Waals surface area (Å²) in [6.45, 7) is 5.93. The van der Waals surface area contributed by atoms with Crippen molar-refractivity contribution in [2.75, 3.05) is 13.6 Å². The quantitative estimate of drug-likeness (QED) is 0.589. The highest BCUT2D eigenvalue weighted by molar-refractivity contribution is 5.81. The molecular weight excluding hydrogens is 368 g/mol. The first-order valence-electron chi connectivity index (χ1n) is 9.89. The molecule has 3 aliphatic rings. The number of aliphatic hydroxyl groups is 1. The van der Waals surface area contributed by atoms with E-state index < -0.39 is 18.0 Å². The molecule has 1 saturated carbocycles. The topological polar surface area (TPSA) is 115 Å². The molecule has 160 valence electrons. The maximum absolute atomic E-state index is 12.5. The Morgan fingerprint density at radius 1 is 1.18 bits per heavy atom. The third kappa shape index (κ3) is 4.57. The average molecular weight is 400 g/mol. The summed E-state index contributed by atoms with van der Waals surface area (Å²) < 4.78 is 5.39. The van der Waals surface area contributed by atoms with E-state index in [1.165, 1.54) is 0 Å². The fourth-order valence-electron chi connectivity index (χ4n) is 4.14. The summed E-state index contributed by atoms with van der Waals surface area (Å²) in [6, 6.07) is -0.681. The number of nitrogens with one attached hydrogen (secondary N) is 1. The smallest absolute Gasteiger partial charge is 0.410 e. The normalized spacial score (nSPS) is 35.6. The fourth-order valence-corrected chi connectivity index (χ4v) is 4.14. The molecule has 6 atom stereocenters. The molecule has 10 nitrogen and oxygen atoms in total. The van der Waals surface area contributed by atoms with E-state index in [1.807, 2.05) is 20.8 Å². The van der Waals surface area contributed by atoms with E-state index in [-0.39, 0.29) is 30.2 Å². The molecule has 10 heteroatoms. The number of nitrogens with zero attached hydrogens (tertiary/aromatic N) is 3. The Morgan fingerprint density at radius 3 is 2.57 bits per heavy atom. The van der Waals surface area contributed by atoms with Gasteiger partial charge in [0.05, 0.1) is 18.2 Å². The molecule has 3 rings (SSSR count). The fraction of sp³-hybridized carbons (Fsp3) is 0.889. The molecular formula is C18H32N4O6. The number of hydrogen-bond acceptors (Lipinski definition) is 8. The molecule has 3 fully saturated rings. The van der Waals surface area contributed by atoms with Gasteiger partial charge in [-0.3, -0.25) is 14.5 Å². The second-order valence-electron chi connectivity index (χ2n) is 8.93. The number of carbonyl (C=O) groups is 2. The van der Waals surface area contributed by atoms with Crippen LogP contribution in [-0.2, 0) is 14.4 Å². The Morgan fingerprint density at radius 2 is 1.89 bits per heavy atom. The second-order valence-corrected chi connectivity index (χ2v) is 8.93. The van der Waals surface area contributed by atoms with E-state index in [0.717, 1.165) is 17.9 Å². The minimum atomic E-state index is -1.17. The summed E-state index contributed by atoms with van der Waals surface area (Å²) in [6.07, 6.45) is 1.56. The Bertz CT molecular complexity index is 597. The van der Waals surface area contributed by atoms with Gasteiger partial charge in [-0.25, -0.2) is 10.3 Å². The predicted molar refractivity (Wildman–Crippen MR) is 97.8 cm³/mol. The van der Waals surface area contributed by atoms with Crippen LogP contribution in [0.25, 0.3) is 0 Å². The van der Waals surface area contributed by atoms with Gasteiger partial charge >= 0.3 is 6.09 Å². The van der Waals surface area contributed by atoms with Crippen molar-refractivity contribution in [3.63, 3.8) is 0 Å². The molecule has 0 radical (unpaired) electrons. The lowest BCUT2D eigenvalue weighted by molar-refractivity contribution is -0.222. The zero-order valence-corrected chi connectivity index (χ0v) is 17.0. The van der Waals surface area contributed by atoms with Crippen molar-refractivity contribution in [2.45, 2.75) is 89.1 Å². The molecule has 0 aromatic heterocycles. The molecule has 2 bridgehead atoms. The predicted octanol–water partition coefficient (Wildman–Crippen LogP) is 0.636. The molecule has 3 N–H and O–H groups in total. The number of aliphatic hydroxyl groups excluding tert-OH is 1. The van der Waals surface area contributed by atoms with Gasteiger partial charge in [-0.2, -0.15) is 0 Å². The van der Waals surface area contributed by atoms with Crippen molar-refractivity contribution in [3.05, 3.63) is 0 Å². The van der Waals surface area contributed by atoms with E-state index in [0.29, 0.717) is 25.8 Å². The molecule has 2 heterocycles. The Labute approximate surface area is 165 Å². The second kappa shape index (κ2) is 8.11. The summed E-state index contributed by atoms with van der Waals surface area (Å²) in [4.78, 5) is 33.4. The number of hydrogen-bond donors (Lipinski definition) is 3. The first-order chi connectivity index (χ1) is 13.1. The van der Waals surface area contributed by atoms with Gasteiger partial charge in [0, 0.05) is 19.6 Å². The number of rotatable bonds is 4. The molecule has 2 amide bonds. The highest BCUT2D eigenvalue weighted by Gasteiger charge is 2.47. The van der Waals surface area contributed by atoms with Crippen LogP contribution in [0.3, 0.4) is 0 Å². The van der Waals surface area contributed by atoms with Crippen LogP contribution in [0.2, 0.25) is 0 Å². The standard InChI is InChI=1S/C18H32N4O6/c1-18(2,3)27-17(25)20(4)11-5-7-13(9-11)28-19-15(23)14-8-6-12-10-21(14)16(24)22(12)26/h11-14,16,24,26H,5-10H2,1-4H3,(H,19,23)/t11?,12-,13?,14-,16?/m0/s1. The SMILES string of the molecule is CN(C(=O)OC(C)(C)C)C1CCC(ONC(=O)[C@@H]2CC[C@H]3CN2C(O)N3O)C1. The third-order valence-electron chi connectivity index (χ3n) is 5.72. The summed E-state index contributed by atoms with van der Waals surface area (Å²) in [5.74, 6) is -0.322. The van der Waals surface area contributed by atoms with Crippen LogP contribution in [0.1, 0.15) is 52.9 Å². The van der Waals surface area contributed by atoms with Crippen molar-refractivity contribution in [2.24, 2.45) is 0 Å². The molecule has 2 aliphatic heterocycles. The summed E-state index contributed by atoms with van der Waals surface area (Å²) >= 11 is 0. The summed E-state index contributed by atoms with van der Waals surface area (Å²) in [5, 5.41) is 20.7. The summed E-state index contributed by atoms with van der Waals surface area (Å²) in [5.41, 5.74) is 1.97. The van der Waals surface area contributed by atoms with Gasteiger partial charge in [0.2, 0.25) is 0 Å². The van der Waals surface area contributed by atoms with Crippen LogP contribution in [0.15, 0.2) is 0 Å². The van der Waals surface area contributed by atoms with Gasteiger partial charge < -0.3 is 20.0 Å². The first-order valence-corrected chi connectivity index (χ1v) is 9.89. The molecule has 2 saturated heterocycles. The average Bonchev–Trinajstić information content (AvgIpc) is 3.18. The van der Waals surface area contributed by atoms with Gasteiger partial charge in [-0.1, -0.05) is 0 Å². The van der Waals surface area contributed by atoms with Gasteiger partial charge in [0.15, 0.2) is 6.35 Å².